The third-order valence-corrected chi connectivity index (χ3v) is 5.81. The molecule has 4 nitrogen and oxygen atoms in total. The number of nitrogens with one attached hydrogen (secondary N) is 3. The van der Waals surface area contributed by atoms with Crippen molar-refractivity contribution in [3.8, 4) is 5.75 Å². The van der Waals surface area contributed by atoms with Crippen LogP contribution in [0.5, 0.6) is 5.75 Å². The molecule has 0 bridgehead atoms. The van der Waals surface area contributed by atoms with Crippen molar-refractivity contribution in [3.05, 3.63) is 58.6 Å². The molecule has 6 heteroatoms. The van der Waals surface area contributed by atoms with Gasteiger partial charge in [0.25, 0.3) is 0 Å². The van der Waals surface area contributed by atoms with E-state index in [1.807, 2.05) is 37.3 Å². The molecule has 0 aromatic heterocycles. The van der Waals surface area contributed by atoms with Crippen LogP contribution in [0.2, 0.25) is 5.02 Å². The number of rotatable bonds is 6. The molecule has 0 unspecified atom stereocenters. The average Bonchev–Trinajstić information content (AvgIpc) is 3.20. The smallest absolute Gasteiger partial charge is 0.171 e. The topological polar surface area (TPSA) is 37.7 Å². The number of likely N-dealkylation sites (tertiary alicyclic amines) is 1. The molecule has 1 saturated heterocycles. The molecule has 0 spiro atoms. The van der Waals surface area contributed by atoms with Crippen molar-refractivity contribution in [2.24, 2.45) is 0 Å². The van der Waals surface area contributed by atoms with E-state index in [0.29, 0.717) is 11.2 Å². The van der Waals surface area contributed by atoms with Gasteiger partial charge in [-0.3, -0.25) is 0 Å². The minimum atomic E-state index is 0.361. The van der Waals surface area contributed by atoms with E-state index in [-0.39, 0.29) is 0 Å². The number of aryl methyl sites for hydroxylation is 1. The largest absolute Gasteiger partial charge is 0.497 e. The molecule has 1 aliphatic rings. The lowest BCUT2D eigenvalue weighted by Gasteiger charge is -2.26. The van der Waals surface area contributed by atoms with Crippen LogP contribution in [0.1, 0.15) is 30.0 Å². The molecule has 27 heavy (non-hydrogen) atoms. The van der Waals surface area contributed by atoms with Crippen LogP contribution < -0.4 is 20.3 Å². The number of anilines is 1. The van der Waals surface area contributed by atoms with Crippen LogP contribution in [0.15, 0.2) is 42.5 Å². The SMILES string of the molecule is COc1ccc([C@H](CNC(=S)Nc2ccc(C)c(Cl)c2)[NH+]2CCCC2)cc1. The van der Waals surface area contributed by atoms with Gasteiger partial charge in [-0.05, 0) is 61.1 Å². The highest BCUT2D eigenvalue weighted by Gasteiger charge is 2.27. The Kier molecular flexibility index (Phi) is 6.94. The second-order valence-corrected chi connectivity index (χ2v) is 7.81. The fraction of sp³-hybridized carbons (Fsp3) is 0.381. The van der Waals surface area contributed by atoms with Crippen molar-refractivity contribution in [2.45, 2.75) is 25.8 Å². The summed E-state index contributed by atoms with van der Waals surface area (Å²) in [5.74, 6) is 0.885. The Morgan fingerprint density at radius 1 is 1.19 bits per heavy atom. The first kappa shape index (κ1) is 19.9. The van der Waals surface area contributed by atoms with Gasteiger partial charge in [0.2, 0.25) is 0 Å². The molecule has 0 saturated carbocycles. The summed E-state index contributed by atoms with van der Waals surface area (Å²) in [6.07, 6.45) is 2.57. The number of ether oxygens (including phenoxy) is 1. The molecule has 3 rings (SSSR count). The van der Waals surface area contributed by atoms with Crippen molar-refractivity contribution in [2.75, 3.05) is 32.1 Å². The maximum Gasteiger partial charge on any atom is 0.171 e. The van der Waals surface area contributed by atoms with E-state index in [9.17, 15) is 0 Å². The van der Waals surface area contributed by atoms with Gasteiger partial charge < -0.3 is 20.3 Å². The van der Waals surface area contributed by atoms with Crippen LogP contribution in [-0.2, 0) is 0 Å². The van der Waals surface area contributed by atoms with Gasteiger partial charge in [-0.2, -0.15) is 0 Å². The highest BCUT2D eigenvalue weighted by Crippen LogP contribution is 2.20. The number of benzene rings is 2. The zero-order valence-electron chi connectivity index (χ0n) is 15.8. The number of methoxy groups -OCH3 is 1. The summed E-state index contributed by atoms with van der Waals surface area (Å²) in [4.78, 5) is 1.61. The van der Waals surface area contributed by atoms with Gasteiger partial charge in [-0.15, -0.1) is 0 Å². The van der Waals surface area contributed by atoms with E-state index < -0.39 is 0 Å². The fourth-order valence-corrected chi connectivity index (χ4v) is 3.93. The van der Waals surface area contributed by atoms with Crippen molar-refractivity contribution < 1.29 is 9.64 Å². The third-order valence-electron chi connectivity index (χ3n) is 5.15. The standard InChI is InChI=1S/C21H26ClN3OS/c1-15-5-8-17(13-19(15)22)24-21(27)23-14-20(25-11-3-4-12-25)16-6-9-18(26-2)10-7-16/h5-10,13,20H,3-4,11-12,14H2,1-2H3,(H2,23,24,27)/p+1/t20-/m0/s1. The van der Waals surface area contributed by atoms with Gasteiger partial charge in [0.05, 0.1) is 26.7 Å². The second kappa shape index (κ2) is 9.40. The van der Waals surface area contributed by atoms with Crippen molar-refractivity contribution in [1.29, 1.82) is 0 Å². The summed E-state index contributed by atoms with van der Waals surface area (Å²) < 4.78 is 5.29. The van der Waals surface area contributed by atoms with E-state index in [1.165, 1.54) is 31.5 Å². The predicted molar refractivity (Wildman–Crippen MR) is 116 cm³/mol. The first-order valence-corrected chi connectivity index (χ1v) is 10.1. The molecule has 3 N–H and O–H groups in total. The highest BCUT2D eigenvalue weighted by atomic mass is 35.5. The Morgan fingerprint density at radius 2 is 1.89 bits per heavy atom. The van der Waals surface area contributed by atoms with E-state index in [2.05, 4.69) is 22.8 Å². The number of thiocarbonyl (C=S) groups is 1. The summed E-state index contributed by atoms with van der Waals surface area (Å²) in [6.45, 7) is 5.17. The Morgan fingerprint density at radius 3 is 2.52 bits per heavy atom. The molecule has 1 heterocycles. The summed E-state index contributed by atoms with van der Waals surface area (Å²) in [5.41, 5.74) is 3.26. The summed E-state index contributed by atoms with van der Waals surface area (Å²) in [6, 6.07) is 14.6. The summed E-state index contributed by atoms with van der Waals surface area (Å²) in [7, 11) is 1.70. The van der Waals surface area contributed by atoms with Crippen LogP contribution >= 0.6 is 23.8 Å². The molecule has 1 aliphatic heterocycles. The van der Waals surface area contributed by atoms with Crippen LogP contribution in [0, 0.1) is 6.92 Å². The van der Waals surface area contributed by atoms with Gasteiger partial charge in [-0.1, -0.05) is 17.7 Å². The summed E-state index contributed by atoms with van der Waals surface area (Å²) >= 11 is 11.7. The van der Waals surface area contributed by atoms with Crippen LogP contribution in [0.3, 0.4) is 0 Å². The quantitative estimate of drug-likeness (QED) is 0.645. The van der Waals surface area contributed by atoms with Crippen LogP contribution in [-0.4, -0.2) is 31.9 Å². The van der Waals surface area contributed by atoms with E-state index >= 15 is 0 Å². The lowest BCUT2D eigenvalue weighted by molar-refractivity contribution is -0.918. The van der Waals surface area contributed by atoms with Crippen molar-refractivity contribution >= 4 is 34.6 Å². The molecule has 0 amide bonds. The number of halogens is 1. The predicted octanol–water partition coefficient (Wildman–Crippen LogP) is 3.36. The van der Waals surface area contributed by atoms with E-state index in [1.54, 1.807) is 12.0 Å². The molecule has 0 aliphatic carbocycles. The monoisotopic (exact) mass is 404 g/mol. The van der Waals surface area contributed by atoms with Gasteiger partial charge in [0, 0.05) is 29.1 Å². The fourth-order valence-electron chi connectivity index (χ4n) is 3.55. The molecule has 2 aromatic rings. The first-order chi connectivity index (χ1) is 13.1. The lowest BCUT2D eigenvalue weighted by atomic mass is 10.1. The Bertz CT molecular complexity index is 775. The highest BCUT2D eigenvalue weighted by molar-refractivity contribution is 7.80. The Balaban J connectivity index is 1.64. The molecular formula is C21H27ClN3OS+. The van der Waals surface area contributed by atoms with Crippen molar-refractivity contribution in [3.63, 3.8) is 0 Å². The van der Waals surface area contributed by atoms with Gasteiger partial charge in [0.1, 0.15) is 11.8 Å². The molecule has 0 radical (unpaired) electrons. The molecule has 144 valence electrons. The molecular weight excluding hydrogens is 378 g/mol. The van der Waals surface area contributed by atoms with Crippen molar-refractivity contribution in [1.82, 2.24) is 5.32 Å². The summed E-state index contributed by atoms with van der Waals surface area (Å²) in [5, 5.41) is 7.98. The molecule has 1 atom stereocenters. The Hall–Kier alpha value is -1.82. The Labute approximate surface area is 171 Å². The van der Waals surface area contributed by atoms with Crippen LogP contribution in [0.25, 0.3) is 0 Å². The minimum Gasteiger partial charge on any atom is -0.497 e. The lowest BCUT2D eigenvalue weighted by Crippen LogP contribution is -3.11. The normalized spacial score (nSPS) is 15.4. The number of hydrogen-bond acceptors (Lipinski definition) is 2. The van der Waals surface area contributed by atoms with Gasteiger partial charge >= 0.3 is 0 Å². The number of hydrogen-bond donors (Lipinski definition) is 3. The molecule has 1 fully saturated rings. The van der Waals surface area contributed by atoms with E-state index in [4.69, 9.17) is 28.6 Å². The third kappa shape index (κ3) is 5.34. The minimum absolute atomic E-state index is 0.361. The van der Waals surface area contributed by atoms with Gasteiger partial charge in [0.15, 0.2) is 5.11 Å². The van der Waals surface area contributed by atoms with Gasteiger partial charge in [-0.25, -0.2) is 0 Å². The zero-order valence-corrected chi connectivity index (χ0v) is 17.4. The maximum atomic E-state index is 6.20. The first-order valence-electron chi connectivity index (χ1n) is 9.36. The van der Waals surface area contributed by atoms with Crippen LogP contribution in [0.4, 0.5) is 5.69 Å². The number of quaternary nitrogens is 1. The second-order valence-electron chi connectivity index (χ2n) is 6.99. The zero-order chi connectivity index (χ0) is 19.2. The maximum absolute atomic E-state index is 6.20. The molecule has 2 aromatic carbocycles. The van der Waals surface area contributed by atoms with E-state index in [0.717, 1.165) is 28.6 Å². The average molecular weight is 405 g/mol.